The van der Waals surface area contributed by atoms with Gasteiger partial charge in [-0.15, -0.1) is 0 Å². The van der Waals surface area contributed by atoms with Crippen LogP contribution in [0.15, 0.2) is 52.0 Å². The summed E-state index contributed by atoms with van der Waals surface area (Å²) < 4.78 is 38.3. The Labute approximate surface area is 190 Å². The molecule has 1 aliphatic heterocycles. The average Bonchev–Trinajstić information content (AvgIpc) is 3.40. The van der Waals surface area contributed by atoms with E-state index < -0.39 is 10.0 Å². The fourth-order valence-corrected chi connectivity index (χ4v) is 5.11. The molecule has 4 rings (SSSR count). The van der Waals surface area contributed by atoms with E-state index in [2.05, 4.69) is 20.2 Å². The van der Waals surface area contributed by atoms with Gasteiger partial charge in [0.25, 0.3) is 15.9 Å². The smallest absolute Gasteiger partial charge is 0.264 e. The Balaban J connectivity index is 1.38. The maximum atomic E-state index is 12.6. The van der Waals surface area contributed by atoms with Gasteiger partial charge in [-0.3, -0.25) is 4.79 Å². The molecule has 32 heavy (non-hydrogen) atoms. The monoisotopic (exact) mass is 474 g/mol. The van der Waals surface area contributed by atoms with Gasteiger partial charge in [-0.05, 0) is 56.4 Å². The van der Waals surface area contributed by atoms with E-state index in [-0.39, 0.29) is 22.8 Å². The number of hydrogen-bond acceptors (Lipinski definition) is 8. The van der Waals surface area contributed by atoms with Crippen molar-refractivity contribution in [1.82, 2.24) is 10.1 Å². The van der Waals surface area contributed by atoms with Crippen LogP contribution in [0.5, 0.6) is 5.88 Å². The maximum absolute atomic E-state index is 12.6. The lowest BCUT2D eigenvalue weighted by molar-refractivity contribution is 0.102. The summed E-state index contributed by atoms with van der Waals surface area (Å²) >= 11 is 1.85. The summed E-state index contributed by atoms with van der Waals surface area (Å²) in [4.78, 5) is 16.7. The van der Waals surface area contributed by atoms with Gasteiger partial charge in [0.1, 0.15) is 6.10 Å². The van der Waals surface area contributed by atoms with Gasteiger partial charge in [-0.2, -0.15) is 11.8 Å². The third kappa shape index (κ3) is 5.05. The van der Waals surface area contributed by atoms with Crippen LogP contribution in [-0.2, 0) is 10.0 Å². The molecule has 1 saturated heterocycles. The minimum Gasteiger partial charge on any atom is -0.473 e. The molecule has 1 unspecified atom stereocenters. The molecule has 0 radical (unpaired) electrons. The summed E-state index contributed by atoms with van der Waals surface area (Å²) in [6.45, 7) is 3.43. The van der Waals surface area contributed by atoms with Gasteiger partial charge in [0.05, 0.1) is 16.2 Å². The molecule has 0 spiro atoms. The van der Waals surface area contributed by atoms with Crippen LogP contribution in [0.4, 0.5) is 11.6 Å². The number of carbonyl (C=O) groups excluding carboxylic acids is 1. The first kappa shape index (κ1) is 22.2. The Morgan fingerprint density at radius 3 is 2.56 bits per heavy atom. The highest BCUT2D eigenvalue weighted by atomic mass is 32.2. The predicted molar refractivity (Wildman–Crippen MR) is 122 cm³/mol. The first-order chi connectivity index (χ1) is 15.3. The van der Waals surface area contributed by atoms with Gasteiger partial charge in [-0.25, -0.2) is 18.1 Å². The molecule has 3 heterocycles. The number of aryl methyl sites for hydroxylation is 1. The van der Waals surface area contributed by atoms with E-state index in [1.54, 1.807) is 26.0 Å². The van der Waals surface area contributed by atoms with Gasteiger partial charge in [-0.1, -0.05) is 5.16 Å². The summed E-state index contributed by atoms with van der Waals surface area (Å²) in [5.74, 6) is 2.24. The molecule has 0 saturated carbocycles. The van der Waals surface area contributed by atoms with Crippen LogP contribution < -0.4 is 14.8 Å². The van der Waals surface area contributed by atoms with Crippen molar-refractivity contribution in [2.24, 2.45) is 0 Å². The summed E-state index contributed by atoms with van der Waals surface area (Å²) in [5.41, 5.74) is 2.04. The van der Waals surface area contributed by atoms with E-state index in [0.717, 1.165) is 17.9 Å². The molecule has 11 heteroatoms. The van der Waals surface area contributed by atoms with Crippen LogP contribution in [0.3, 0.4) is 0 Å². The van der Waals surface area contributed by atoms with Crippen LogP contribution in [0, 0.1) is 13.8 Å². The van der Waals surface area contributed by atoms with E-state index in [1.165, 1.54) is 30.5 Å². The topological polar surface area (TPSA) is 123 Å². The second kappa shape index (κ2) is 9.21. The number of ether oxygens (including phenoxy) is 1. The largest absolute Gasteiger partial charge is 0.473 e. The van der Waals surface area contributed by atoms with Crippen molar-refractivity contribution in [3.8, 4) is 5.88 Å². The number of hydrogen-bond donors (Lipinski definition) is 2. The average molecular weight is 475 g/mol. The number of carbonyl (C=O) groups is 1. The molecule has 1 fully saturated rings. The Kier molecular flexibility index (Phi) is 6.38. The molecule has 1 amide bonds. The number of amides is 1. The second-order valence-electron chi connectivity index (χ2n) is 7.29. The third-order valence-electron chi connectivity index (χ3n) is 4.98. The summed E-state index contributed by atoms with van der Waals surface area (Å²) in [7, 11) is -3.86. The van der Waals surface area contributed by atoms with Crippen LogP contribution in [0.25, 0.3) is 0 Å². The number of rotatable bonds is 7. The lowest BCUT2D eigenvalue weighted by atomic mass is 10.2. The minimum atomic E-state index is -3.86. The van der Waals surface area contributed by atoms with Crippen molar-refractivity contribution in [3.05, 3.63) is 59.4 Å². The van der Waals surface area contributed by atoms with Gasteiger partial charge in [0, 0.05) is 29.3 Å². The van der Waals surface area contributed by atoms with Crippen molar-refractivity contribution in [1.29, 1.82) is 0 Å². The van der Waals surface area contributed by atoms with E-state index in [0.29, 0.717) is 28.4 Å². The zero-order valence-corrected chi connectivity index (χ0v) is 19.1. The van der Waals surface area contributed by atoms with Crippen molar-refractivity contribution in [3.63, 3.8) is 0 Å². The molecular weight excluding hydrogens is 452 g/mol. The van der Waals surface area contributed by atoms with Gasteiger partial charge in [0.2, 0.25) is 11.8 Å². The summed E-state index contributed by atoms with van der Waals surface area (Å²) in [6, 6.07) is 9.12. The molecule has 2 aromatic heterocycles. The Hall–Kier alpha value is -3.05. The standard InChI is InChI=1S/C21H22N4O5S2/c1-13-14(2)24-30-21(13)25-32(27,28)18-6-4-16(5-7-18)23-20(26)15-3-8-19(22-11-15)29-17-9-10-31-12-17/h3-8,11,17,25H,9-10,12H2,1-2H3,(H,23,26). The first-order valence-corrected chi connectivity index (χ1v) is 12.5. The number of thioether (sulfide) groups is 1. The Bertz CT molecular complexity index is 1200. The van der Waals surface area contributed by atoms with Crippen molar-refractivity contribution in [2.45, 2.75) is 31.3 Å². The van der Waals surface area contributed by atoms with Crippen molar-refractivity contribution >= 4 is 39.3 Å². The van der Waals surface area contributed by atoms with Gasteiger partial charge < -0.3 is 14.6 Å². The molecule has 0 aliphatic carbocycles. The molecule has 1 aromatic carbocycles. The maximum Gasteiger partial charge on any atom is 0.264 e. The van der Waals surface area contributed by atoms with Crippen molar-refractivity contribution < 1.29 is 22.5 Å². The molecule has 2 N–H and O–H groups in total. The normalized spacial score (nSPS) is 16.0. The molecule has 1 aliphatic rings. The highest BCUT2D eigenvalue weighted by Gasteiger charge is 2.20. The number of nitrogens with zero attached hydrogens (tertiary/aromatic N) is 2. The van der Waals surface area contributed by atoms with Crippen LogP contribution in [0.1, 0.15) is 28.0 Å². The highest BCUT2D eigenvalue weighted by molar-refractivity contribution is 7.99. The Morgan fingerprint density at radius 2 is 1.97 bits per heavy atom. The number of aromatic nitrogens is 2. The lowest BCUT2D eigenvalue weighted by Gasteiger charge is -2.11. The SMILES string of the molecule is Cc1noc(NS(=O)(=O)c2ccc(NC(=O)c3ccc(OC4CCSC4)nc3)cc2)c1C. The fourth-order valence-electron chi connectivity index (χ4n) is 2.97. The molecule has 0 bridgehead atoms. The third-order valence-corrected chi connectivity index (χ3v) is 7.46. The predicted octanol–water partition coefficient (Wildman–Crippen LogP) is 3.62. The van der Waals surface area contributed by atoms with E-state index in [1.807, 2.05) is 11.8 Å². The number of nitrogens with one attached hydrogen (secondary N) is 2. The lowest BCUT2D eigenvalue weighted by Crippen LogP contribution is -2.16. The van der Waals surface area contributed by atoms with Crippen LogP contribution in [-0.4, -0.2) is 42.1 Å². The highest BCUT2D eigenvalue weighted by Crippen LogP contribution is 2.24. The number of pyridine rings is 1. The number of benzene rings is 1. The fraction of sp³-hybridized carbons (Fsp3) is 0.286. The molecular formula is C21H22N4O5S2. The molecule has 1 atom stereocenters. The number of anilines is 2. The second-order valence-corrected chi connectivity index (χ2v) is 10.1. The zero-order chi connectivity index (χ0) is 22.7. The van der Waals surface area contributed by atoms with Gasteiger partial charge >= 0.3 is 0 Å². The van der Waals surface area contributed by atoms with Gasteiger partial charge in [0.15, 0.2) is 0 Å². The Morgan fingerprint density at radius 1 is 1.19 bits per heavy atom. The quantitative estimate of drug-likeness (QED) is 0.532. The van der Waals surface area contributed by atoms with E-state index in [9.17, 15) is 13.2 Å². The van der Waals surface area contributed by atoms with Crippen LogP contribution >= 0.6 is 11.8 Å². The summed E-state index contributed by atoms with van der Waals surface area (Å²) in [6.07, 6.45) is 2.61. The zero-order valence-electron chi connectivity index (χ0n) is 17.5. The molecule has 168 valence electrons. The first-order valence-electron chi connectivity index (χ1n) is 9.89. The minimum absolute atomic E-state index is 0.0252. The van der Waals surface area contributed by atoms with Crippen LogP contribution in [0.2, 0.25) is 0 Å². The molecule has 9 nitrogen and oxygen atoms in total. The van der Waals surface area contributed by atoms with Crippen molar-refractivity contribution in [2.75, 3.05) is 21.5 Å². The molecule has 3 aromatic rings. The number of sulfonamides is 1. The summed E-state index contributed by atoms with van der Waals surface area (Å²) in [5, 5.41) is 6.46. The van der Waals surface area contributed by atoms with E-state index >= 15 is 0 Å². The van der Waals surface area contributed by atoms with E-state index in [4.69, 9.17) is 9.26 Å².